The standard InChI is InChI=1S/C13H16O2/c1-2-12(10-14)8-9-15-11-13-6-4-3-5-7-13/h2-7,10H,8-9,11H2,1H3/b12-2-. The highest BCUT2D eigenvalue weighted by atomic mass is 16.5. The SMILES string of the molecule is C/C=C(\C=O)CCOCc1ccccc1. The lowest BCUT2D eigenvalue weighted by molar-refractivity contribution is -0.105. The zero-order valence-corrected chi connectivity index (χ0v) is 8.98. The Morgan fingerprint density at radius 2 is 2.07 bits per heavy atom. The van der Waals surface area contributed by atoms with E-state index < -0.39 is 0 Å². The third kappa shape index (κ3) is 4.56. The van der Waals surface area contributed by atoms with E-state index in [1.165, 1.54) is 0 Å². The molecule has 1 aromatic rings. The van der Waals surface area contributed by atoms with Gasteiger partial charge in [0.15, 0.2) is 0 Å². The first kappa shape index (κ1) is 11.7. The van der Waals surface area contributed by atoms with Crippen molar-refractivity contribution in [1.82, 2.24) is 0 Å². The fraction of sp³-hybridized carbons (Fsp3) is 0.308. The molecule has 0 aliphatic heterocycles. The number of carbonyl (C=O) groups is 1. The van der Waals surface area contributed by atoms with Gasteiger partial charge in [0.05, 0.1) is 13.2 Å². The molecule has 0 bridgehead atoms. The van der Waals surface area contributed by atoms with Crippen LogP contribution >= 0.6 is 0 Å². The van der Waals surface area contributed by atoms with Crippen molar-refractivity contribution < 1.29 is 9.53 Å². The topological polar surface area (TPSA) is 26.3 Å². The van der Waals surface area contributed by atoms with Gasteiger partial charge in [0.1, 0.15) is 6.29 Å². The number of hydrogen-bond donors (Lipinski definition) is 0. The number of hydrogen-bond acceptors (Lipinski definition) is 2. The van der Waals surface area contributed by atoms with E-state index in [0.29, 0.717) is 19.6 Å². The van der Waals surface area contributed by atoms with Gasteiger partial charge in [0.25, 0.3) is 0 Å². The van der Waals surface area contributed by atoms with Crippen LogP contribution in [0.3, 0.4) is 0 Å². The van der Waals surface area contributed by atoms with Crippen LogP contribution in [0.25, 0.3) is 0 Å². The Morgan fingerprint density at radius 1 is 1.33 bits per heavy atom. The maximum Gasteiger partial charge on any atom is 0.145 e. The molecular formula is C13H16O2. The van der Waals surface area contributed by atoms with Crippen LogP contribution in [0.2, 0.25) is 0 Å². The molecule has 0 aromatic heterocycles. The average Bonchev–Trinajstić information content (AvgIpc) is 2.31. The number of allylic oxidation sites excluding steroid dienone is 1. The Bertz CT molecular complexity index is 315. The van der Waals surface area contributed by atoms with Gasteiger partial charge in [-0.3, -0.25) is 4.79 Å². The number of benzene rings is 1. The lowest BCUT2D eigenvalue weighted by Gasteiger charge is -2.03. The van der Waals surface area contributed by atoms with Crippen molar-refractivity contribution >= 4 is 6.29 Å². The Labute approximate surface area is 90.6 Å². The molecule has 0 fully saturated rings. The molecule has 0 heterocycles. The first-order chi connectivity index (χ1) is 7.36. The predicted molar refractivity (Wildman–Crippen MR) is 60.5 cm³/mol. The van der Waals surface area contributed by atoms with Crippen LogP contribution in [0.5, 0.6) is 0 Å². The van der Waals surface area contributed by atoms with Crippen molar-refractivity contribution in [1.29, 1.82) is 0 Å². The summed E-state index contributed by atoms with van der Waals surface area (Å²) in [5.74, 6) is 0. The quantitative estimate of drug-likeness (QED) is 0.404. The zero-order chi connectivity index (χ0) is 10.9. The summed E-state index contributed by atoms with van der Waals surface area (Å²) in [6.07, 6.45) is 3.39. The molecule has 0 saturated carbocycles. The molecule has 15 heavy (non-hydrogen) atoms. The normalized spacial score (nSPS) is 11.4. The lowest BCUT2D eigenvalue weighted by Crippen LogP contribution is -1.97. The van der Waals surface area contributed by atoms with Crippen LogP contribution < -0.4 is 0 Å². The maximum atomic E-state index is 10.5. The second-order valence-electron chi connectivity index (χ2n) is 3.27. The van der Waals surface area contributed by atoms with Gasteiger partial charge < -0.3 is 4.74 Å². The van der Waals surface area contributed by atoms with Gasteiger partial charge in [0, 0.05) is 0 Å². The number of ether oxygens (including phenoxy) is 1. The molecule has 2 nitrogen and oxygen atoms in total. The van der Waals surface area contributed by atoms with Crippen molar-refractivity contribution in [3.05, 3.63) is 47.5 Å². The Balaban J connectivity index is 2.20. The zero-order valence-electron chi connectivity index (χ0n) is 8.98. The first-order valence-electron chi connectivity index (χ1n) is 5.09. The highest BCUT2D eigenvalue weighted by Gasteiger charge is 1.95. The third-order valence-electron chi connectivity index (χ3n) is 2.17. The van der Waals surface area contributed by atoms with Crippen LogP contribution in [0.15, 0.2) is 42.0 Å². The summed E-state index contributed by atoms with van der Waals surface area (Å²) < 4.78 is 5.45. The molecule has 1 aromatic carbocycles. The molecule has 0 spiro atoms. The largest absolute Gasteiger partial charge is 0.376 e. The van der Waals surface area contributed by atoms with E-state index in [4.69, 9.17) is 4.74 Å². The molecule has 0 N–H and O–H groups in total. The lowest BCUT2D eigenvalue weighted by atomic mass is 10.2. The molecule has 80 valence electrons. The molecule has 0 radical (unpaired) electrons. The Hall–Kier alpha value is -1.41. The van der Waals surface area contributed by atoms with Crippen LogP contribution in [0, 0.1) is 0 Å². The fourth-order valence-corrected chi connectivity index (χ4v) is 1.23. The van der Waals surface area contributed by atoms with Crippen molar-refractivity contribution in [2.45, 2.75) is 20.0 Å². The van der Waals surface area contributed by atoms with E-state index >= 15 is 0 Å². The minimum atomic E-state index is 0.591. The van der Waals surface area contributed by atoms with Crippen LogP contribution in [0.1, 0.15) is 18.9 Å². The molecule has 0 atom stereocenters. The number of rotatable bonds is 6. The molecule has 0 amide bonds. The summed E-state index contributed by atoms with van der Waals surface area (Å²) in [4.78, 5) is 10.5. The Morgan fingerprint density at radius 3 is 2.67 bits per heavy atom. The summed E-state index contributed by atoms with van der Waals surface area (Å²) in [5, 5.41) is 0. The van der Waals surface area contributed by atoms with Crippen molar-refractivity contribution in [2.75, 3.05) is 6.61 Å². The summed E-state index contributed by atoms with van der Waals surface area (Å²) >= 11 is 0. The van der Waals surface area contributed by atoms with E-state index in [2.05, 4.69) is 0 Å². The molecular weight excluding hydrogens is 188 g/mol. The average molecular weight is 204 g/mol. The van der Waals surface area contributed by atoms with Gasteiger partial charge in [0.2, 0.25) is 0 Å². The van der Waals surface area contributed by atoms with Crippen molar-refractivity contribution in [3.8, 4) is 0 Å². The summed E-state index contributed by atoms with van der Waals surface area (Å²) in [7, 11) is 0. The van der Waals surface area contributed by atoms with Gasteiger partial charge >= 0.3 is 0 Å². The number of carbonyl (C=O) groups excluding carboxylic acids is 1. The molecule has 2 heteroatoms. The van der Waals surface area contributed by atoms with E-state index in [9.17, 15) is 4.79 Å². The molecule has 0 aliphatic carbocycles. The summed E-state index contributed by atoms with van der Waals surface area (Å²) in [6, 6.07) is 10.0. The van der Waals surface area contributed by atoms with Crippen LogP contribution in [0.4, 0.5) is 0 Å². The van der Waals surface area contributed by atoms with Gasteiger partial charge in [-0.2, -0.15) is 0 Å². The first-order valence-corrected chi connectivity index (χ1v) is 5.09. The predicted octanol–water partition coefficient (Wildman–Crippen LogP) is 2.74. The molecule has 0 aliphatic rings. The van der Waals surface area contributed by atoms with E-state index in [1.54, 1.807) is 0 Å². The van der Waals surface area contributed by atoms with E-state index in [-0.39, 0.29) is 0 Å². The molecule has 0 saturated heterocycles. The highest BCUT2D eigenvalue weighted by Crippen LogP contribution is 2.03. The second-order valence-corrected chi connectivity index (χ2v) is 3.27. The molecule has 1 rings (SSSR count). The fourth-order valence-electron chi connectivity index (χ4n) is 1.23. The minimum absolute atomic E-state index is 0.591. The second kappa shape index (κ2) is 6.96. The smallest absolute Gasteiger partial charge is 0.145 e. The minimum Gasteiger partial charge on any atom is -0.376 e. The van der Waals surface area contributed by atoms with E-state index in [1.807, 2.05) is 43.3 Å². The van der Waals surface area contributed by atoms with Crippen molar-refractivity contribution in [2.24, 2.45) is 0 Å². The summed E-state index contributed by atoms with van der Waals surface area (Å²) in [5.41, 5.74) is 1.95. The van der Waals surface area contributed by atoms with Crippen molar-refractivity contribution in [3.63, 3.8) is 0 Å². The third-order valence-corrected chi connectivity index (χ3v) is 2.17. The summed E-state index contributed by atoms with van der Waals surface area (Å²) in [6.45, 7) is 3.06. The van der Waals surface area contributed by atoms with Gasteiger partial charge in [-0.05, 0) is 24.5 Å². The van der Waals surface area contributed by atoms with Crippen LogP contribution in [-0.4, -0.2) is 12.9 Å². The maximum absolute atomic E-state index is 10.5. The molecule has 0 unspecified atom stereocenters. The van der Waals surface area contributed by atoms with Gasteiger partial charge in [-0.15, -0.1) is 0 Å². The Kier molecular flexibility index (Phi) is 5.41. The van der Waals surface area contributed by atoms with E-state index in [0.717, 1.165) is 17.4 Å². The highest BCUT2D eigenvalue weighted by molar-refractivity contribution is 5.72. The monoisotopic (exact) mass is 204 g/mol. The van der Waals surface area contributed by atoms with Crippen LogP contribution in [-0.2, 0) is 16.1 Å². The van der Waals surface area contributed by atoms with Gasteiger partial charge in [-0.25, -0.2) is 0 Å². The van der Waals surface area contributed by atoms with Gasteiger partial charge in [-0.1, -0.05) is 36.4 Å². The number of aldehydes is 1.